The molecule has 0 radical (unpaired) electrons. The SMILES string of the molecule is O=C(CCc1ccsc1)N1CCC[C@H]1c1ccc(O)cc1. The third-order valence-corrected chi connectivity index (χ3v) is 4.79. The van der Waals surface area contributed by atoms with Gasteiger partial charge in [-0.1, -0.05) is 12.1 Å². The van der Waals surface area contributed by atoms with E-state index >= 15 is 0 Å². The highest BCUT2D eigenvalue weighted by molar-refractivity contribution is 7.07. The Balaban J connectivity index is 1.65. The number of hydrogen-bond donors (Lipinski definition) is 1. The monoisotopic (exact) mass is 301 g/mol. The Morgan fingerprint density at radius 2 is 2.10 bits per heavy atom. The van der Waals surface area contributed by atoms with Crippen molar-refractivity contribution in [1.29, 1.82) is 0 Å². The normalized spacial score (nSPS) is 18.1. The van der Waals surface area contributed by atoms with Gasteiger partial charge in [0, 0.05) is 13.0 Å². The molecule has 21 heavy (non-hydrogen) atoms. The maximum atomic E-state index is 12.5. The van der Waals surface area contributed by atoms with Crippen molar-refractivity contribution in [2.24, 2.45) is 0 Å². The van der Waals surface area contributed by atoms with Crippen molar-refractivity contribution in [3.8, 4) is 5.75 Å². The first-order valence-electron chi connectivity index (χ1n) is 7.33. The number of hydrogen-bond acceptors (Lipinski definition) is 3. The van der Waals surface area contributed by atoms with Gasteiger partial charge in [-0.15, -0.1) is 0 Å². The maximum Gasteiger partial charge on any atom is 0.223 e. The lowest BCUT2D eigenvalue weighted by Gasteiger charge is -2.25. The molecule has 1 aromatic heterocycles. The minimum atomic E-state index is 0.167. The molecule has 1 aromatic carbocycles. The molecular formula is C17H19NO2S. The molecular weight excluding hydrogens is 282 g/mol. The molecule has 1 fully saturated rings. The standard InChI is InChI=1S/C17H19NO2S/c19-15-6-4-14(5-7-15)16-2-1-10-18(16)17(20)8-3-13-9-11-21-12-13/h4-7,9,11-12,16,19H,1-3,8,10H2/t16-/m0/s1. The van der Waals surface area contributed by atoms with Crippen molar-refractivity contribution in [1.82, 2.24) is 4.90 Å². The van der Waals surface area contributed by atoms with Crippen LogP contribution < -0.4 is 0 Å². The van der Waals surface area contributed by atoms with Gasteiger partial charge in [-0.05, 0) is 59.3 Å². The van der Waals surface area contributed by atoms with Gasteiger partial charge in [0.15, 0.2) is 0 Å². The summed E-state index contributed by atoms with van der Waals surface area (Å²) in [6, 6.07) is 9.48. The van der Waals surface area contributed by atoms with Gasteiger partial charge in [0.1, 0.15) is 5.75 Å². The summed E-state index contributed by atoms with van der Waals surface area (Å²) in [4.78, 5) is 14.5. The van der Waals surface area contributed by atoms with E-state index in [0.29, 0.717) is 6.42 Å². The van der Waals surface area contributed by atoms with Crippen LogP contribution in [-0.2, 0) is 11.2 Å². The number of aromatic hydroxyl groups is 1. The first kappa shape index (κ1) is 14.1. The molecule has 1 atom stereocenters. The molecule has 110 valence electrons. The average Bonchev–Trinajstić information content (AvgIpc) is 3.17. The number of rotatable bonds is 4. The van der Waals surface area contributed by atoms with Crippen molar-refractivity contribution in [2.75, 3.05) is 6.54 Å². The fraction of sp³-hybridized carbons (Fsp3) is 0.353. The summed E-state index contributed by atoms with van der Waals surface area (Å²) >= 11 is 1.67. The van der Waals surface area contributed by atoms with Crippen LogP contribution in [-0.4, -0.2) is 22.5 Å². The van der Waals surface area contributed by atoms with Crippen LogP contribution in [0, 0.1) is 0 Å². The molecule has 0 aliphatic carbocycles. The van der Waals surface area contributed by atoms with E-state index in [-0.39, 0.29) is 17.7 Å². The number of phenolic OH excluding ortho intramolecular Hbond substituents is 1. The van der Waals surface area contributed by atoms with Crippen LogP contribution in [0.25, 0.3) is 0 Å². The van der Waals surface area contributed by atoms with Crippen LogP contribution in [0.1, 0.15) is 36.4 Å². The van der Waals surface area contributed by atoms with Crippen molar-refractivity contribution in [3.63, 3.8) is 0 Å². The van der Waals surface area contributed by atoms with E-state index in [1.165, 1.54) is 5.56 Å². The minimum Gasteiger partial charge on any atom is -0.508 e. The molecule has 2 aromatic rings. The van der Waals surface area contributed by atoms with E-state index in [2.05, 4.69) is 16.8 Å². The molecule has 0 saturated carbocycles. The second-order valence-corrected chi connectivity index (χ2v) is 6.25. The number of thiophene rings is 1. The minimum absolute atomic E-state index is 0.167. The second kappa shape index (κ2) is 6.31. The van der Waals surface area contributed by atoms with Gasteiger partial charge in [-0.25, -0.2) is 0 Å². The highest BCUT2D eigenvalue weighted by Crippen LogP contribution is 2.33. The van der Waals surface area contributed by atoms with Crippen LogP contribution >= 0.6 is 11.3 Å². The first-order valence-corrected chi connectivity index (χ1v) is 8.28. The van der Waals surface area contributed by atoms with Gasteiger partial charge in [0.05, 0.1) is 6.04 Å². The maximum absolute atomic E-state index is 12.5. The Labute approximate surface area is 128 Å². The van der Waals surface area contributed by atoms with Gasteiger partial charge in [0.2, 0.25) is 5.91 Å². The number of carbonyl (C=O) groups is 1. The fourth-order valence-corrected chi connectivity index (χ4v) is 3.64. The number of carbonyl (C=O) groups excluding carboxylic acids is 1. The molecule has 1 aliphatic rings. The summed E-state index contributed by atoms with van der Waals surface area (Å²) in [6.07, 6.45) is 3.46. The number of nitrogens with zero attached hydrogens (tertiary/aromatic N) is 1. The van der Waals surface area contributed by atoms with Gasteiger partial charge >= 0.3 is 0 Å². The Hall–Kier alpha value is -1.81. The fourth-order valence-electron chi connectivity index (χ4n) is 2.94. The van der Waals surface area contributed by atoms with Gasteiger partial charge in [-0.3, -0.25) is 4.79 Å². The van der Waals surface area contributed by atoms with Gasteiger partial charge in [0.25, 0.3) is 0 Å². The summed E-state index contributed by atoms with van der Waals surface area (Å²) < 4.78 is 0. The highest BCUT2D eigenvalue weighted by atomic mass is 32.1. The molecule has 1 N–H and O–H groups in total. The summed E-state index contributed by atoms with van der Waals surface area (Å²) in [5, 5.41) is 13.5. The zero-order chi connectivity index (χ0) is 14.7. The summed E-state index contributed by atoms with van der Waals surface area (Å²) in [7, 11) is 0. The predicted octanol–water partition coefficient (Wildman–Crippen LogP) is 3.75. The topological polar surface area (TPSA) is 40.5 Å². The van der Waals surface area contributed by atoms with Crippen molar-refractivity contribution in [3.05, 3.63) is 52.2 Å². The highest BCUT2D eigenvalue weighted by Gasteiger charge is 2.29. The third-order valence-electron chi connectivity index (χ3n) is 4.06. The van der Waals surface area contributed by atoms with Crippen LogP contribution in [0.5, 0.6) is 5.75 Å². The molecule has 0 spiro atoms. The molecule has 1 amide bonds. The van der Waals surface area contributed by atoms with E-state index in [4.69, 9.17) is 0 Å². The molecule has 0 bridgehead atoms. The van der Waals surface area contributed by atoms with Crippen LogP contribution in [0.4, 0.5) is 0 Å². The van der Waals surface area contributed by atoms with E-state index in [1.807, 2.05) is 17.0 Å². The molecule has 2 heterocycles. The molecule has 1 saturated heterocycles. The zero-order valence-electron chi connectivity index (χ0n) is 11.9. The molecule has 3 rings (SSSR count). The number of benzene rings is 1. The van der Waals surface area contributed by atoms with Crippen LogP contribution in [0.15, 0.2) is 41.1 Å². The lowest BCUT2D eigenvalue weighted by Crippen LogP contribution is -2.30. The van der Waals surface area contributed by atoms with Crippen molar-refractivity contribution < 1.29 is 9.90 Å². The van der Waals surface area contributed by atoms with E-state index in [1.54, 1.807) is 23.5 Å². The van der Waals surface area contributed by atoms with Crippen LogP contribution in [0.2, 0.25) is 0 Å². The smallest absolute Gasteiger partial charge is 0.223 e. The lowest BCUT2D eigenvalue weighted by atomic mass is 10.0. The summed E-state index contributed by atoms with van der Waals surface area (Å²) in [5.41, 5.74) is 2.36. The summed E-state index contributed by atoms with van der Waals surface area (Å²) in [6.45, 7) is 0.841. The number of amides is 1. The first-order chi connectivity index (χ1) is 10.2. The Morgan fingerprint density at radius 3 is 2.81 bits per heavy atom. The molecule has 1 aliphatic heterocycles. The Morgan fingerprint density at radius 1 is 1.29 bits per heavy atom. The van der Waals surface area contributed by atoms with Crippen molar-refractivity contribution in [2.45, 2.75) is 31.7 Å². The zero-order valence-corrected chi connectivity index (χ0v) is 12.7. The number of aryl methyl sites for hydroxylation is 1. The number of likely N-dealkylation sites (tertiary alicyclic amines) is 1. The average molecular weight is 301 g/mol. The Kier molecular flexibility index (Phi) is 4.25. The van der Waals surface area contributed by atoms with E-state index in [0.717, 1.165) is 31.4 Å². The van der Waals surface area contributed by atoms with Gasteiger partial charge in [-0.2, -0.15) is 11.3 Å². The summed E-state index contributed by atoms with van der Waals surface area (Å²) in [5.74, 6) is 0.504. The van der Waals surface area contributed by atoms with E-state index < -0.39 is 0 Å². The lowest BCUT2D eigenvalue weighted by molar-refractivity contribution is -0.132. The molecule has 0 unspecified atom stereocenters. The Bertz CT molecular complexity index is 592. The largest absolute Gasteiger partial charge is 0.508 e. The predicted molar refractivity (Wildman–Crippen MR) is 84.4 cm³/mol. The molecule has 3 nitrogen and oxygen atoms in total. The van der Waals surface area contributed by atoms with E-state index in [9.17, 15) is 9.90 Å². The number of phenols is 1. The van der Waals surface area contributed by atoms with Crippen molar-refractivity contribution >= 4 is 17.2 Å². The molecule has 4 heteroatoms. The third kappa shape index (κ3) is 3.27. The quantitative estimate of drug-likeness (QED) is 0.934. The van der Waals surface area contributed by atoms with Gasteiger partial charge < -0.3 is 10.0 Å². The van der Waals surface area contributed by atoms with Crippen LogP contribution in [0.3, 0.4) is 0 Å². The second-order valence-electron chi connectivity index (χ2n) is 5.47.